The van der Waals surface area contributed by atoms with E-state index in [4.69, 9.17) is 0 Å². The molecule has 0 spiro atoms. The van der Waals surface area contributed by atoms with Crippen LogP contribution in [-0.4, -0.2) is 49.5 Å². The Balaban J connectivity index is 1.44. The highest BCUT2D eigenvalue weighted by Gasteiger charge is 2.28. The average Bonchev–Trinajstić information content (AvgIpc) is 3.23. The van der Waals surface area contributed by atoms with Gasteiger partial charge in [0.1, 0.15) is 5.82 Å². The number of fused-ring (bicyclic) bond motifs is 1. The molecule has 8 heteroatoms. The van der Waals surface area contributed by atoms with E-state index in [2.05, 4.69) is 20.4 Å². The van der Waals surface area contributed by atoms with E-state index in [0.717, 1.165) is 24.1 Å². The van der Waals surface area contributed by atoms with Crippen molar-refractivity contribution in [1.29, 1.82) is 0 Å². The second-order valence-electron chi connectivity index (χ2n) is 5.69. The zero-order valence-corrected chi connectivity index (χ0v) is 12.8. The van der Waals surface area contributed by atoms with Gasteiger partial charge < -0.3 is 10.2 Å². The van der Waals surface area contributed by atoms with Crippen LogP contribution in [0.5, 0.6) is 0 Å². The van der Waals surface area contributed by atoms with Gasteiger partial charge in [-0.15, -0.1) is 5.10 Å². The molecular weight excluding hydrogens is 311 g/mol. The largest absolute Gasteiger partial charge is 0.364 e. The van der Waals surface area contributed by atoms with Gasteiger partial charge in [-0.3, -0.25) is 9.78 Å². The number of anilines is 1. The Bertz CT molecular complexity index is 895. The molecule has 122 valence electrons. The van der Waals surface area contributed by atoms with E-state index >= 15 is 0 Å². The number of rotatable bonds is 3. The van der Waals surface area contributed by atoms with Crippen molar-refractivity contribution >= 4 is 17.4 Å². The van der Waals surface area contributed by atoms with Crippen molar-refractivity contribution in [3.63, 3.8) is 0 Å². The Morgan fingerprint density at radius 2 is 2.21 bits per heavy atom. The van der Waals surface area contributed by atoms with Crippen LogP contribution in [0.15, 0.2) is 43.0 Å². The molecular formula is C16H15FN6O. The Morgan fingerprint density at radius 3 is 3.08 bits per heavy atom. The highest BCUT2D eigenvalue weighted by atomic mass is 19.1. The van der Waals surface area contributed by atoms with Gasteiger partial charge in [-0.2, -0.15) is 0 Å². The van der Waals surface area contributed by atoms with Gasteiger partial charge in [-0.25, -0.2) is 13.9 Å². The van der Waals surface area contributed by atoms with Crippen LogP contribution in [0.4, 0.5) is 10.2 Å². The van der Waals surface area contributed by atoms with Crippen LogP contribution in [-0.2, 0) is 0 Å². The van der Waals surface area contributed by atoms with Crippen LogP contribution in [0.25, 0.3) is 5.65 Å². The number of nitrogens with one attached hydrogen (secondary N) is 1. The molecule has 4 rings (SSSR count). The molecule has 1 saturated heterocycles. The number of likely N-dealkylation sites (tertiary alicyclic amines) is 1. The van der Waals surface area contributed by atoms with Gasteiger partial charge in [0, 0.05) is 37.7 Å². The number of halogens is 1. The monoisotopic (exact) mass is 326 g/mol. The number of aromatic nitrogens is 4. The lowest BCUT2D eigenvalue weighted by Gasteiger charge is -2.17. The maximum atomic E-state index is 13.7. The predicted octanol–water partition coefficient (Wildman–Crippen LogP) is 1.59. The smallest absolute Gasteiger partial charge is 0.257 e. The quantitative estimate of drug-likeness (QED) is 0.791. The first-order valence-electron chi connectivity index (χ1n) is 7.66. The van der Waals surface area contributed by atoms with Crippen molar-refractivity contribution in [2.24, 2.45) is 0 Å². The van der Waals surface area contributed by atoms with Crippen LogP contribution >= 0.6 is 0 Å². The van der Waals surface area contributed by atoms with E-state index in [1.54, 1.807) is 21.8 Å². The van der Waals surface area contributed by atoms with Crippen LogP contribution in [0.1, 0.15) is 16.8 Å². The minimum atomic E-state index is -0.592. The van der Waals surface area contributed by atoms with E-state index in [-0.39, 0.29) is 17.5 Å². The molecule has 7 nitrogen and oxygen atoms in total. The van der Waals surface area contributed by atoms with Gasteiger partial charge in [0.25, 0.3) is 5.91 Å². The summed E-state index contributed by atoms with van der Waals surface area (Å²) in [6.45, 7) is 1.08. The van der Waals surface area contributed by atoms with E-state index in [9.17, 15) is 9.18 Å². The molecule has 0 saturated carbocycles. The van der Waals surface area contributed by atoms with Crippen LogP contribution < -0.4 is 5.32 Å². The van der Waals surface area contributed by atoms with Gasteiger partial charge in [-0.1, -0.05) is 0 Å². The van der Waals surface area contributed by atoms with E-state index < -0.39 is 5.82 Å². The highest BCUT2D eigenvalue weighted by Crippen LogP contribution is 2.18. The predicted molar refractivity (Wildman–Crippen MR) is 85.1 cm³/mol. The number of pyridine rings is 1. The zero-order chi connectivity index (χ0) is 16.5. The van der Waals surface area contributed by atoms with Crippen molar-refractivity contribution in [1.82, 2.24) is 24.5 Å². The third-order valence-corrected chi connectivity index (χ3v) is 4.09. The SMILES string of the molecule is O=C(c1ccncc1F)N1CCC(Nc2ccc3nccn3n2)C1. The Kier molecular flexibility index (Phi) is 3.56. The summed E-state index contributed by atoms with van der Waals surface area (Å²) in [6, 6.07) is 5.22. The summed E-state index contributed by atoms with van der Waals surface area (Å²) in [5, 5.41) is 7.73. The standard InChI is InChI=1S/C16H15FN6O/c17-13-9-18-5-3-12(13)16(24)22-7-4-11(10-22)20-14-1-2-15-19-6-8-23(15)21-14/h1-3,5-6,8-9,11H,4,7,10H2,(H,20,21). The minimum absolute atomic E-state index is 0.0589. The highest BCUT2D eigenvalue weighted by molar-refractivity contribution is 5.94. The lowest BCUT2D eigenvalue weighted by Crippen LogP contribution is -2.32. The molecule has 0 aliphatic carbocycles. The third-order valence-electron chi connectivity index (χ3n) is 4.09. The minimum Gasteiger partial charge on any atom is -0.364 e. The fourth-order valence-corrected chi connectivity index (χ4v) is 2.88. The molecule has 1 N–H and O–H groups in total. The molecule has 1 fully saturated rings. The first-order valence-corrected chi connectivity index (χ1v) is 7.66. The summed E-state index contributed by atoms with van der Waals surface area (Å²) in [6.07, 6.45) is 6.72. The van der Waals surface area contributed by atoms with Crippen molar-refractivity contribution < 1.29 is 9.18 Å². The number of amides is 1. The molecule has 3 aromatic rings. The molecule has 24 heavy (non-hydrogen) atoms. The Labute approximate surface area is 137 Å². The van der Waals surface area contributed by atoms with Crippen molar-refractivity contribution in [2.45, 2.75) is 12.5 Å². The molecule has 1 unspecified atom stereocenters. The topological polar surface area (TPSA) is 75.4 Å². The number of carbonyl (C=O) groups excluding carboxylic acids is 1. The maximum absolute atomic E-state index is 13.7. The molecule has 4 heterocycles. The molecule has 1 aliphatic rings. The van der Waals surface area contributed by atoms with Crippen molar-refractivity contribution in [3.05, 3.63) is 54.4 Å². The first-order chi connectivity index (χ1) is 11.7. The second-order valence-corrected chi connectivity index (χ2v) is 5.69. The Morgan fingerprint density at radius 1 is 1.29 bits per heavy atom. The van der Waals surface area contributed by atoms with Crippen LogP contribution in [0, 0.1) is 5.82 Å². The summed E-state index contributed by atoms with van der Waals surface area (Å²) in [7, 11) is 0. The van der Waals surface area contributed by atoms with Crippen LogP contribution in [0.2, 0.25) is 0 Å². The fraction of sp³-hybridized carbons (Fsp3) is 0.250. The molecule has 1 aliphatic heterocycles. The summed E-state index contributed by atoms with van der Waals surface area (Å²) in [5.41, 5.74) is 0.834. The number of nitrogens with zero attached hydrogens (tertiary/aromatic N) is 5. The van der Waals surface area contributed by atoms with E-state index in [1.165, 1.54) is 12.3 Å². The first kappa shape index (κ1) is 14.6. The lowest BCUT2D eigenvalue weighted by atomic mass is 10.2. The van der Waals surface area contributed by atoms with Gasteiger partial charge in [0.2, 0.25) is 0 Å². The molecule has 0 bridgehead atoms. The number of hydrogen-bond donors (Lipinski definition) is 1. The number of hydrogen-bond acceptors (Lipinski definition) is 5. The van der Waals surface area contributed by atoms with Crippen LogP contribution in [0.3, 0.4) is 0 Å². The summed E-state index contributed by atoms with van der Waals surface area (Å²) >= 11 is 0. The summed E-state index contributed by atoms with van der Waals surface area (Å²) in [5.74, 6) is -0.182. The summed E-state index contributed by atoms with van der Waals surface area (Å²) in [4.78, 5) is 21.9. The van der Waals surface area contributed by atoms with Gasteiger partial charge in [0.05, 0.1) is 11.8 Å². The second kappa shape index (κ2) is 5.88. The van der Waals surface area contributed by atoms with Crippen molar-refractivity contribution in [2.75, 3.05) is 18.4 Å². The number of carbonyl (C=O) groups is 1. The van der Waals surface area contributed by atoms with Gasteiger partial charge in [0.15, 0.2) is 11.5 Å². The lowest BCUT2D eigenvalue weighted by molar-refractivity contribution is 0.0786. The molecule has 1 amide bonds. The van der Waals surface area contributed by atoms with E-state index in [1.807, 2.05) is 12.1 Å². The Hall–Kier alpha value is -3.03. The molecule has 3 aromatic heterocycles. The molecule has 1 atom stereocenters. The fourth-order valence-electron chi connectivity index (χ4n) is 2.88. The zero-order valence-electron chi connectivity index (χ0n) is 12.8. The number of imidazole rings is 1. The van der Waals surface area contributed by atoms with Gasteiger partial charge >= 0.3 is 0 Å². The van der Waals surface area contributed by atoms with Gasteiger partial charge in [-0.05, 0) is 24.6 Å². The van der Waals surface area contributed by atoms with E-state index in [0.29, 0.717) is 13.1 Å². The average molecular weight is 326 g/mol. The molecule has 0 aromatic carbocycles. The normalized spacial score (nSPS) is 17.4. The maximum Gasteiger partial charge on any atom is 0.257 e. The molecule has 0 radical (unpaired) electrons. The third kappa shape index (κ3) is 2.66. The summed E-state index contributed by atoms with van der Waals surface area (Å²) < 4.78 is 15.4. The van der Waals surface area contributed by atoms with Crippen molar-refractivity contribution in [3.8, 4) is 0 Å².